The summed E-state index contributed by atoms with van der Waals surface area (Å²) in [5.74, 6) is 0.0390. The van der Waals surface area contributed by atoms with Crippen LogP contribution in [0, 0.1) is 0 Å². The number of hydrogen-bond acceptors (Lipinski definition) is 5. The van der Waals surface area contributed by atoms with E-state index >= 15 is 0 Å². The standard InChI is InChI=1S/C15H15N3O3/c1-21-14(20)9-5-7-10(8-6-9)16-15-17-12-4-2-3-11(12)13(19)18-15/h5-8H,2-4H2,1H3,(H2,16,17,18,19). The van der Waals surface area contributed by atoms with Gasteiger partial charge in [0, 0.05) is 11.3 Å². The van der Waals surface area contributed by atoms with Crippen LogP contribution < -0.4 is 10.9 Å². The van der Waals surface area contributed by atoms with E-state index in [2.05, 4.69) is 20.0 Å². The molecule has 0 fully saturated rings. The second-order valence-corrected chi connectivity index (χ2v) is 4.89. The number of benzene rings is 1. The lowest BCUT2D eigenvalue weighted by Gasteiger charge is -2.07. The van der Waals surface area contributed by atoms with Crippen molar-refractivity contribution in [3.05, 3.63) is 51.4 Å². The number of nitrogens with one attached hydrogen (secondary N) is 2. The zero-order valence-electron chi connectivity index (χ0n) is 11.6. The van der Waals surface area contributed by atoms with Crippen molar-refractivity contribution in [2.24, 2.45) is 0 Å². The Bertz CT molecular complexity index is 735. The zero-order valence-corrected chi connectivity index (χ0v) is 11.6. The van der Waals surface area contributed by atoms with Crippen LogP contribution in [-0.2, 0) is 17.6 Å². The SMILES string of the molecule is COC(=O)c1ccc(Nc2nc3c(c(=O)[nH]2)CCC3)cc1. The van der Waals surface area contributed by atoms with E-state index in [1.165, 1.54) is 7.11 Å². The average molecular weight is 285 g/mol. The van der Waals surface area contributed by atoms with E-state index in [1.54, 1.807) is 24.3 Å². The fraction of sp³-hybridized carbons (Fsp3) is 0.267. The van der Waals surface area contributed by atoms with Gasteiger partial charge in [0.15, 0.2) is 0 Å². The Morgan fingerprint density at radius 2 is 2.05 bits per heavy atom. The molecule has 0 spiro atoms. The average Bonchev–Trinajstić information content (AvgIpc) is 2.96. The first-order chi connectivity index (χ1) is 10.2. The van der Waals surface area contributed by atoms with Crippen LogP contribution in [0.3, 0.4) is 0 Å². The molecule has 1 aromatic carbocycles. The van der Waals surface area contributed by atoms with E-state index in [-0.39, 0.29) is 11.5 Å². The number of esters is 1. The lowest BCUT2D eigenvalue weighted by molar-refractivity contribution is 0.0601. The Morgan fingerprint density at radius 3 is 2.76 bits per heavy atom. The fourth-order valence-corrected chi connectivity index (χ4v) is 2.45. The summed E-state index contributed by atoms with van der Waals surface area (Å²) in [5.41, 5.74) is 2.79. The third-order valence-electron chi connectivity index (χ3n) is 3.51. The third-order valence-corrected chi connectivity index (χ3v) is 3.51. The van der Waals surface area contributed by atoms with Crippen molar-refractivity contribution >= 4 is 17.6 Å². The summed E-state index contributed by atoms with van der Waals surface area (Å²) < 4.78 is 4.64. The Morgan fingerprint density at radius 1 is 1.29 bits per heavy atom. The number of carbonyl (C=O) groups excluding carboxylic acids is 1. The number of nitrogens with zero attached hydrogens (tertiary/aromatic N) is 1. The van der Waals surface area contributed by atoms with Crippen molar-refractivity contribution in [3.63, 3.8) is 0 Å². The van der Waals surface area contributed by atoms with Crippen molar-refractivity contribution in [3.8, 4) is 0 Å². The van der Waals surface area contributed by atoms with E-state index < -0.39 is 0 Å². The van der Waals surface area contributed by atoms with Gasteiger partial charge in [-0.2, -0.15) is 0 Å². The van der Waals surface area contributed by atoms with Crippen molar-refractivity contribution in [2.75, 3.05) is 12.4 Å². The van der Waals surface area contributed by atoms with Crippen molar-refractivity contribution in [1.82, 2.24) is 9.97 Å². The van der Waals surface area contributed by atoms with Crippen molar-refractivity contribution in [2.45, 2.75) is 19.3 Å². The number of rotatable bonds is 3. The van der Waals surface area contributed by atoms with E-state index in [0.717, 1.165) is 36.2 Å². The Labute approximate surface area is 121 Å². The molecular weight excluding hydrogens is 270 g/mol. The van der Waals surface area contributed by atoms with Gasteiger partial charge in [-0.3, -0.25) is 9.78 Å². The van der Waals surface area contributed by atoms with Crippen LogP contribution in [0.5, 0.6) is 0 Å². The predicted octanol–water partition coefficient (Wildman–Crippen LogP) is 1.79. The molecule has 108 valence electrons. The highest BCUT2D eigenvalue weighted by molar-refractivity contribution is 5.89. The lowest BCUT2D eigenvalue weighted by atomic mass is 10.2. The Balaban J connectivity index is 1.82. The molecule has 2 aromatic rings. The van der Waals surface area contributed by atoms with E-state index in [9.17, 15) is 9.59 Å². The maximum atomic E-state index is 11.9. The molecule has 0 amide bonds. The number of methoxy groups -OCH3 is 1. The van der Waals surface area contributed by atoms with Gasteiger partial charge in [-0.1, -0.05) is 0 Å². The summed E-state index contributed by atoms with van der Waals surface area (Å²) in [4.78, 5) is 30.4. The summed E-state index contributed by atoms with van der Waals surface area (Å²) in [6.45, 7) is 0. The van der Waals surface area contributed by atoms with Gasteiger partial charge in [0.05, 0.1) is 18.4 Å². The molecule has 6 nitrogen and oxygen atoms in total. The molecule has 0 aliphatic heterocycles. The van der Waals surface area contributed by atoms with Gasteiger partial charge in [-0.05, 0) is 43.5 Å². The quantitative estimate of drug-likeness (QED) is 0.840. The predicted molar refractivity (Wildman–Crippen MR) is 77.9 cm³/mol. The molecule has 2 N–H and O–H groups in total. The number of aryl methyl sites for hydroxylation is 1. The maximum Gasteiger partial charge on any atom is 0.337 e. The molecule has 21 heavy (non-hydrogen) atoms. The topological polar surface area (TPSA) is 84.1 Å². The fourth-order valence-electron chi connectivity index (χ4n) is 2.45. The van der Waals surface area contributed by atoms with Gasteiger partial charge in [0.2, 0.25) is 5.95 Å². The third kappa shape index (κ3) is 2.65. The number of fused-ring (bicyclic) bond motifs is 1. The first kappa shape index (κ1) is 13.4. The van der Waals surface area contributed by atoms with Crippen LogP contribution in [0.15, 0.2) is 29.1 Å². The summed E-state index contributed by atoms with van der Waals surface area (Å²) in [6.07, 6.45) is 2.61. The lowest BCUT2D eigenvalue weighted by Crippen LogP contribution is -2.16. The second-order valence-electron chi connectivity index (χ2n) is 4.89. The minimum Gasteiger partial charge on any atom is -0.465 e. The number of hydrogen-bond donors (Lipinski definition) is 2. The van der Waals surface area contributed by atoms with Gasteiger partial charge in [0.25, 0.3) is 5.56 Å². The first-order valence-electron chi connectivity index (χ1n) is 6.75. The van der Waals surface area contributed by atoms with Crippen LogP contribution >= 0.6 is 0 Å². The molecule has 1 aliphatic carbocycles. The van der Waals surface area contributed by atoms with Crippen LogP contribution in [0.4, 0.5) is 11.6 Å². The molecular formula is C15H15N3O3. The number of H-pyrrole nitrogens is 1. The van der Waals surface area contributed by atoms with Crippen LogP contribution in [0.25, 0.3) is 0 Å². The molecule has 0 unspecified atom stereocenters. The maximum absolute atomic E-state index is 11.9. The first-order valence-corrected chi connectivity index (χ1v) is 6.75. The molecule has 0 atom stereocenters. The number of anilines is 2. The highest BCUT2D eigenvalue weighted by atomic mass is 16.5. The number of aromatic nitrogens is 2. The minimum atomic E-state index is -0.384. The molecule has 0 saturated heterocycles. The van der Waals surface area contributed by atoms with E-state index in [1.807, 2.05) is 0 Å². The molecule has 3 rings (SSSR count). The van der Waals surface area contributed by atoms with Crippen LogP contribution in [0.2, 0.25) is 0 Å². The molecule has 0 bridgehead atoms. The monoisotopic (exact) mass is 285 g/mol. The molecule has 6 heteroatoms. The van der Waals surface area contributed by atoms with Crippen LogP contribution in [0.1, 0.15) is 28.0 Å². The van der Waals surface area contributed by atoms with E-state index in [4.69, 9.17) is 0 Å². The number of ether oxygens (including phenoxy) is 1. The number of carbonyl (C=O) groups is 1. The van der Waals surface area contributed by atoms with E-state index in [0.29, 0.717) is 11.5 Å². The molecule has 1 heterocycles. The van der Waals surface area contributed by atoms with Gasteiger partial charge >= 0.3 is 5.97 Å². The van der Waals surface area contributed by atoms with Gasteiger partial charge in [0.1, 0.15) is 0 Å². The van der Waals surface area contributed by atoms with Gasteiger partial charge in [-0.25, -0.2) is 9.78 Å². The minimum absolute atomic E-state index is 0.0776. The van der Waals surface area contributed by atoms with Gasteiger partial charge < -0.3 is 10.1 Å². The van der Waals surface area contributed by atoms with Gasteiger partial charge in [-0.15, -0.1) is 0 Å². The number of aromatic amines is 1. The largest absolute Gasteiger partial charge is 0.465 e. The molecule has 0 saturated carbocycles. The zero-order chi connectivity index (χ0) is 14.8. The van der Waals surface area contributed by atoms with Crippen molar-refractivity contribution < 1.29 is 9.53 Å². The highest BCUT2D eigenvalue weighted by Gasteiger charge is 2.17. The highest BCUT2D eigenvalue weighted by Crippen LogP contribution is 2.19. The summed E-state index contributed by atoms with van der Waals surface area (Å²) >= 11 is 0. The smallest absolute Gasteiger partial charge is 0.337 e. The normalized spacial score (nSPS) is 12.8. The summed E-state index contributed by atoms with van der Waals surface area (Å²) in [7, 11) is 1.34. The van der Waals surface area contributed by atoms with Crippen LogP contribution in [-0.4, -0.2) is 23.0 Å². The van der Waals surface area contributed by atoms with Crippen molar-refractivity contribution in [1.29, 1.82) is 0 Å². The second kappa shape index (κ2) is 5.40. The molecule has 1 aromatic heterocycles. The Hall–Kier alpha value is -2.63. The molecule has 1 aliphatic rings. The summed E-state index contributed by atoms with van der Waals surface area (Å²) in [5, 5.41) is 3.04. The Kier molecular flexibility index (Phi) is 3.43. The molecule has 0 radical (unpaired) electrons. The summed E-state index contributed by atoms with van der Waals surface area (Å²) in [6, 6.07) is 6.78.